The summed E-state index contributed by atoms with van der Waals surface area (Å²) in [5.41, 5.74) is 0.641. The van der Waals surface area contributed by atoms with Gasteiger partial charge in [0.15, 0.2) is 0 Å². The Labute approximate surface area is 92.1 Å². The lowest BCUT2D eigenvalue weighted by Gasteiger charge is -2.47. The lowest BCUT2D eigenvalue weighted by molar-refractivity contribution is -0.141. The quantitative estimate of drug-likeness (QED) is 0.721. The van der Waals surface area contributed by atoms with Gasteiger partial charge in [-0.25, -0.2) is 0 Å². The summed E-state index contributed by atoms with van der Waals surface area (Å²) in [6, 6.07) is 0. The largest absolute Gasteiger partial charge is 0.481 e. The molecule has 0 aromatic rings. The SMILES string of the molecule is CC1(C)CCCC2(C)CC(C(=O)O)CC12. The summed E-state index contributed by atoms with van der Waals surface area (Å²) in [7, 11) is 0. The van der Waals surface area contributed by atoms with Crippen LogP contribution in [0, 0.1) is 22.7 Å². The molecule has 0 radical (unpaired) electrons. The highest BCUT2D eigenvalue weighted by molar-refractivity contribution is 5.70. The summed E-state index contributed by atoms with van der Waals surface area (Å²) in [4.78, 5) is 11.1. The first kappa shape index (κ1) is 11.0. The number of carboxylic acids is 1. The zero-order valence-electron chi connectivity index (χ0n) is 10.0. The van der Waals surface area contributed by atoms with E-state index in [0.29, 0.717) is 16.7 Å². The van der Waals surface area contributed by atoms with E-state index in [1.165, 1.54) is 19.3 Å². The van der Waals surface area contributed by atoms with Crippen molar-refractivity contribution >= 4 is 5.97 Å². The van der Waals surface area contributed by atoms with Crippen LogP contribution in [0.4, 0.5) is 0 Å². The van der Waals surface area contributed by atoms with E-state index in [2.05, 4.69) is 20.8 Å². The highest BCUT2D eigenvalue weighted by Crippen LogP contribution is 2.60. The van der Waals surface area contributed by atoms with Crippen molar-refractivity contribution in [1.29, 1.82) is 0 Å². The summed E-state index contributed by atoms with van der Waals surface area (Å²) in [6.07, 6.45) is 5.56. The third-order valence-electron chi connectivity index (χ3n) is 4.94. The Morgan fingerprint density at radius 1 is 1.27 bits per heavy atom. The Morgan fingerprint density at radius 3 is 2.47 bits per heavy atom. The van der Waals surface area contributed by atoms with Crippen LogP contribution in [0.2, 0.25) is 0 Å². The van der Waals surface area contributed by atoms with E-state index < -0.39 is 5.97 Å². The Balaban J connectivity index is 2.24. The maximum absolute atomic E-state index is 11.1. The predicted octanol–water partition coefficient (Wildman–Crippen LogP) is 3.31. The van der Waals surface area contributed by atoms with Crippen molar-refractivity contribution in [2.24, 2.45) is 22.7 Å². The van der Waals surface area contributed by atoms with Gasteiger partial charge >= 0.3 is 5.97 Å². The fraction of sp³-hybridized carbons (Fsp3) is 0.923. The van der Waals surface area contributed by atoms with Crippen molar-refractivity contribution in [2.75, 3.05) is 0 Å². The summed E-state index contributed by atoms with van der Waals surface area (Å²) in [5, 5.41) is 9.14. The molecule has 15 heavy (non-hydrogen) atoms. The molecule has 0 heterocycles. The molecule has 0 saturated heterocycles. The summed E-state index contributed by atoms with van der Waals surface area (Å²) < 4.78 is 0. The number of hydrogen-bond donors (Lipinski definition) is 1. The first-order chi connectivity index (χ1) is 6.85. The number of rotatable bonds is 1. The minimum absolute atomic E-state index is 0.0858. The number of carboxylic acid groups (broad SMARTS) is 1. The second kappa shape index (κ2) is 3.23. The molecule has 0 amide bonds. The summed E-state index contributed by atoms with van der Waals surface area (Å²) >= 11 is 0. The van der Waals surface area contributed by atoms with Gasteiger partial charge in [0.25, 0.3) is 0 Å². The van der Waals surface area contributed by atoms with E-state index in [1.807, 2.05) is 0 Å². The molecule has 2 saturated carbocycles. The van der Waals surface area contributed by atoms with E-state index in [9.17, 15) is 4.79 Å². The standard InChI is InChI=1S/C13H22O2/c1-12(2)5-4-6-13(3)8-9(11(14)15)7-10(12)13/h9-10H,4-8H2,1-3H3,(H,14,15). The molecular weight excluding hydrogens is 188 g/mol. The number of carbonyl (C=O) groups is 1. The van der Waals surface area contributed by atoms with Gasteiger partial charge in [-0.3, -0.25) is 4.79 Å². The molecule has 0 aliphatic heterocycles. The van der Waals surface area contributed by atoms with E-state index in [-0.39, 0.29) is 5.92 Å². The lowest BCUT2D eigenvalue weighted by Crippen LogP contribution is -2.38. The highest BCUT2D eigenvalue weighted by atomic mass is 16.4. The van der Waals surface area contributed by atoms with Crippen LogP contribution in [0.1, 0.15) is 52.9 Å². The molecule has 0 bridgehead atoms. The number of fused-ring (bicyclic) bond motifs is 1. The molecule has 1 N–H and O–H groups in total. The molecule has 86 valence electrons. The third kappa shape index (κ3) is 1.68. The van der Waals surface area contributed by atoms with Crippen molar-refractivity contribution < 1.29 is 9.90 Å². The monoisotopic (exact) mass is 210 g/mol. The van der Waals surface area contributed by atoms with Crippen molar-refractivity contribution in [3.63, 3.8) is 0 Å². The Kier molecular flexibility index (Phi) is 2.36. The fourth-order valence-electron chi connectivity index (χ4n) is 4.21. The molecule has 2 aliphatic rings. The van der Waals surface area contributed by atoms with E-state index >= 15 is 0 Å². The van der Waals surface area contributed by atoms with Crippen LogP contribution in [0.25, 0.3) is 0 Å². The highest BCUT2D eigenvalue weighted by Gasteiger charge is 2.53. The van der Waals surface area contributed by atoms with Crippen LogP contribution < -0.4 is 0 Å². The van der Waals surface area contributed by atoms with Gasteiger partial charge in [-0.1, -0.05) is 27.2 Å². The number of hydrogen-bond acceptors (Lipinski definition) is 1. The average Bonchev–Trinajstić information content (AvgIpc) is 2.43. The van der Waals surface area contributed by atoms with Crippen molar-refractivity contribution in [3.8, 4) is 0 Å². The first-order valence-electron chi connectivity index (χ1n) is 6.08. The summed E-state index contributed by atoms with van der Waals surface area (Å²) in [5.74, 6) is -0.0568. The van der Waals surface area contributed by atoms with Crippen LogP contribution in [0.5, 0.6) is 0 Å². The second-order valence-electron chi connectivity index (χ2n) is 6.52. The first-order valence-corrected chi connectivity index (χ1v) is 6.08. The zero-order chi connectivity index (χ0) is 11.3. The van der Waals surface area contributed by atoms with Crippen LogP contribution in [-0.4, -0.2) is 11.1 Å². The second-order valence-corrected chi connectivity index (χ2v) is 6.52. The van der Waals surface area contributed by atoms with Crippen LogP contribution in [-0.2, 0) is 4.79 Å². The molecule has 0 aromatic carbocycles. The predicted molar refractivity (Wildman–Crippen MR) is 59.6 cm³/mol. The van der Waals surface area contributed by atoms with Gasteiger partial charge in [0, 0.05) is 0 Å². The molecule has 2 heteroatoms. The third-order valence-corrected chi connectivity index (χ3v) is 4.94. The van der Waals surface area contributed by atoms with Gasteiger partial charge in [0.1, 0.15) is 0 Å². The Bertz CT molecular complexity index is 282. The smallest absolute Gasteiger partial charge is 0.306 e. The van der Waals surface area contributed by atoms with Crippen molar-refractivity contribution in [1.82, 2.24) is 0 Å². The Hall–Kier alpha value is -0.530. The van der Waals surface area contributed by atoms with Gasteiger partial charge in [0.05, 0.1) is 5.92 Å². The number of aliphatic carboxylic acids is 1. The topological polar surface area (TPSA) is 37.3 Å². The van der Waals surface area contributed by atoms with Crippen molar-refractivity contribution in [3.05, 3.63) is 0 Å². The fourth-order valence-corrected chi connectivity index (χ4v) is 4.21. The molecule has 0 spiro atoms. The van der Waals surface area contributed by atoms with Crippen LogP contribution in [0.3, 0.4) is 0 Å². The van der Waals surface area contributed by atoms with E-state index in [0.717, 1.165) is 12.8 Å². The van der Waals surface area contributed by atoms with Gasteiger partial charge in [0.2, 0.25) is 0 Å². The van der Waals surface area contributed by atoms with Gasteiger partial charge < -0.3 is 5.11 Å². The van der Waals surface area contributed by atoms with Gasteiger partial charge in [-0.15, -0.1) is 0 Å². The van der Waals surface area contributed by atoms with Crippen LogP contribution >= 0.6 is 0 Å². The molecule has 2 fully saturated rings. The average molecular weight is 210 g/mol. The Morgan fingerprint density at radius 2 is 1.93 bits per heavy atom. The lowest BCUT2D eigenvalue weighted by atomic mass is 9.58. The minimum Gasteiger partial charge on any atom is -0.481 e. The molecule has 2 rings (SSSR count). The normalized spacial score (nSPS) is 43.7. The van der Waals surface area contributed by atoms with Gasteiger partial charge in [-0.05, 0) is 42.4 Å². The molecule has 3 unspecified atom stereocenters. The maximum atomic E-state index is 11.1. The minimum atomic E-state index is -0.582. The molecular formula is C13H22O2. The molecule has 2 nitrogen and oxygen atoms in total. The van der Waals surface area contributed by atoms with Crippen LogP contribution in [0.15, 0.2) is 0 Å². The zero-order valence-corrected chi connectivity index (χ0v) is 10.0. The maximum Gasteiger partial charge on any atom is 0.306 e. The molecule has 3 atom stereocenters. The van der Waals surface area contributed by atoms with Crippen molar-refractivity contribution in [2.45, 2.75) is 52.9 Å². The van der Waals surface area contributed by atoms with E-state index in [1.54, 1.807) is 0 Å². The van der Waals surface area contributed by atoms with Gasteiger partial charge in [-0.2, -0.15) is 0 Å². The van der Waals surface area contributed by atoms with E-state index in [4.69, 9.17) is 5.11 Å². The summed E-state index contributed by atoms with van der Waals surface area (Å²) in [6.45, 7) is 6.94. The molecule has 2 aliphatic carbocycles. The molecule has 0 aromatic heterocycles.